The van der Waals surface area contributed by atoms with E-state index in [0.717, 1.165) is 49.9 Å². The fourth-order valence-electron chi connectivity index (χ4n) is 6.34. The van der Waals surface area contributed by atoms with Crippen LogP contribution in [-0.4, -0.2) is 30.4 Å². The Bertz CT molecular complexity index is 2440. The lowest BCUT2D eigenvalue weighted by Crippen LogP contribution is -1.96. The lowest BCUT2D eigenvalue weighted by Gasteiger charge is -2.09. The van der Waals surface area contributed by atoms with Crippen LogP contribution in [0, 0.1) is 0 Å². The van der Waals surface area contributed by atoms with E-state index in [1.165, 1.54) is 50.3 Å². The Labute approximate surface area is 333 Å². The number of hydrogen-bond acceptors (Lipinski definition) is 6. The molecule has 0 atom stereocenters. The molecule has 0 radical (unpaired) electrons. The van der Waals surface area contributed by atoms with Crippen molar-refractivity contribution in [3.05, 3.63) is 164 Å². The van der Waals surface area contributed by atoms with E-state index in [0.29, 0.717) is 21.4 Å². The molecule has 0 bridgehead atoms. The molecule has 272 valence electrons. The van der Waals surface area contributed by atoms with Crippen LogP contribution in [0.2, 0.25) is 20.4 Å². The zero-order chi connectivity index (χ0) is 37.3. The fraction of sp³-hybridized carbons (Fsp3) is 0.143. The Morgan fingerprint density at radius 2 is 1.02 bits per heavy atom. The molecule has 0 saturated carbocycles. The van der Waals surface area contributed by atoms with Gasteiger partial charge in [-0.1, -0.05) is 107 Å². The van der Waals surface area contributed by atoms with Crippen molar-refractivity contribution in [3.8, 4) is 0 Å². The van der Waals surface area contributed by atoms with Gasteiger partial charge in [0.05, 0.1) is 28.8 Å². The van der Waals surface area contributed by atoms with E-state index in [9.17, 15) is 0 Å². The van der Waals surface area contributed by atoms with Crippen LogP contribution in [0.3, 0.4) is 0 Å². The van der Waals surface area contributed by atoms with E-state index < -0.39 is 0 Å². The van der Waals surface area contributed by atoms with Crippen molar-refractivity contribution in [2.45, 2.75) is 38.5 Å². The van der Waals surface area contributed by atoms with Gasteiger partial charge in [0, 0.05) is 45.6 Å². The third-order valence-corrected chi connectivity index (χ3v) is 10.4. The number of halogens is 4. The van der Waals surface area contributed by atoms with Gasteiger partial charge < -0.3 is 20.6 Å². The van der Waals surface area contributed by atoms with Gasteiger partial charge in [0.25, 0.3) is 0 Å². The topological polar surface area (TPSA) is 107 Å². The molecule has 8 rings (SSSR count). The van der Waals surface area contributed by atoms with E-state index in [1.54, 1.807) is 6.20 Å². The summed E-state index contributed by atoms with van der Waals surface area (Å²) in [6.07, 6.45) is 13.6. The molecular weight excluding hydrogens is 758 g/mol. The minimum absolute atomic E-state index is 0.190. The molecule has 54 heavy (non-hydrogen) atoms. The van der Waals surface area contributed by atoms with E-state index in [-0.39, 0.29) is 10.3 Å². The maximum absolute atomic E-state index is 6.13. The average Bonchev–Trinajstić information content (AvgIpc) is 3.81. The lowest BCUT2D eigenvalue weighted by molar-refractivity contribution is 0.825. The first-order valence-electron chi connectivity index (χ1n) is 17.6. The Balaban J connectivity index is 0.000000167. The molecule has 0 aliphatic rings. The predicted molar refractivity (Wildman–Crippen MR) is 224 cm³/mol. The zero-order valence-corrected chi connectivity index (χ0v) is 32.1. The SMILES string of the molecule is Clc1cnnc(Cl)c1Nc1ccc(CCCc2c[nH]c3ccccc23)cc1.Clc1nncc(Nc2ccc(CCCc3c[nH]c4ccccc34)cc2)c1Cl. The highest BCUT2D eigenvalue weighted by Crippen LogP contribution is 2.31. The number of nitrogens with zero attached hydrogens (tertiary/aromatic N) is 4. The zero-order valence-electron chi connectivity index (χ0n) is 29.1. The molecule has 0 aliphatic carbocycles. The smallest absolute Gasteiger partial charge is 0.176 e. The second-order valence-electron chi connectivity index (χ2n) is 12.8. The summed E-state index contributed by atoms with van der Waals surface area (Å²) < 4.78 is 0. The molecule has 8 nitrogen and oxygen atoms in total. The molecule has 4 aromatic heterocycles. The Hall–Kier alpha value is -5.12. The molecule has 4 N–H and O–H groups in total. The van der Waals surface area contributed by atoms with Crippen LogP contribution < -0.4 is 10.6 Å². The van der Waals surface area contributed by atoms with Crippen LogP contribution in [-0.2, 0) is 25.7 Å². The van der Waals surface area contributed by atoms with E-state index in [2.05, 4.69) is 126 Å². The van der Waals surface area contributed by atoms with Crippen LogP contribution in [0.4, 0.5) is 22.7 Å². The molecule has 0 unspecified atom stereocenters. The van der Waals surface area contributed by atoms with E-state index in [1.807, 2.05) is 24.3 Å². The van der Waals surface area contributed by atoms with Crippen molar-refractivity contribution in [3.63, 3.8) is 0 Å². The van der Waals surface area contributed by atoms with Gasteiger partial charge in [0.1, 0.15) is 5.02 Å². The van der Waals surface area contributed by atoms with Crippen molar-refractivity contribution in [2.24, 2.45) is 0 Å². The molecule has 8 aromatic rings. The fourth-order valence-corrected chi connectivity index (χ4v) is 7.04. The summed E-state index contributed by atoms with van der Waals surface area (Å²) in [7, 11) is 0. The lowest BCUT2D eigenvalue weighted by atomic mass is 10.0. The minimum Gasteiger partial charge on any atom is -0.361 e. The van der Waals surface area contributed by atoms with Gasteiger partial charge in [0.15, 0.2) is 10.3 Å². The second-order valence-corrected chi connectivity index (χ2v) is 14.3. The molecule has 0 amide bonds. The summed E-state index contributed by atoms with van der Waals surface area (Å²) in [5, 5.41) is 25.4. The molecular formula is C42H36Cl4N8. The molecule has 0 aliphatic heterocycles. The predicted octanol–water partition coefficient (Wildman–Crippen LogP) is 12.4. The highest BCUT2D eigenvalue weighted by Gasteiger charge is 2.10. The van der Waals surface area contributed by atoms with Crippen molar-refractivity contribution < 1.29 is 0 Å². The number of hydrogen-bond donors (Lipinski definition) is 4. The number of aryl methyl sites for hydroxylation is 4. The van der Waals surface area contributed by atoms with E-state index in [4.69, 9.17) is 46.4 Å². The summed E-state index contributed by atoms with van der Waals surface area (Å²) >= 11 is 24.2. The van der Waals surface area contributed by atoms with E-state index >= 15 is 0 Å². The number of H-pyrrole nitrogens is 2. The number of anilines is 4. The Morgan fingerprint density at radius 3 is 1.57 bits per heavy atom. The normalized spacial score (nSPS) is 11.0. The van der Waals surface area contributed by atoms with Gasteiger partial charge in [0.2, 0.25) is 0 Å². The molecule has 12 heteroatoms. The molecule has 0 fully saturated rings. The summed E-state index contributed by atoms with van der Waals surface area (Å²) in [5.74, 6) is 0. The number of nitrogens with one attached hydrogen (secondary N) is 4. The van der Waals surface area contributed by atoms with Crippen molar-refractivity contribution in [1.29, 1.82) is 0 Å². The van der Waals surface area contributed by atoms with Crippen LogP contribution in [0.5, 0.6) is 0 Å². The standard InChI is InChI=1S/2C21H18Cl2N4/c22-18-13-25-27-21(23)20(18)26-16-10-8-14(9-11-16)4-3-5-15-12-24-19-7-2-1-6-17(15)19;22-20-19(13-25-27-21(20)23)26-16-10-8-14(9-11-16)4-3-5-15-12-24-18-7-2-1-6-17(15)18/h1-2,6-13,24H,3-5H2,(H,25,26);1-2,6-13,24H,3-5H2,(H,26,27). The number of aromatic amines is 2. The minimum atomic E-state index is 0.190. The highest BCUT2D eigenvalue weighted by molar-refractivity contribution is 6.43. The van der Waals surface area contributed by atoms with Gasteiger partial charge in [-0.15, -0.1) is 10.2 Å². The first-order chi connectivity index (χ1) is 26.4. The Morgan fingerprint density at radius 1 is 0.519 bits per heavy atom. The molecule has 4 heterocycles. The molecule has 0 spiro atoms. The van der Waals surface area contributed by atoms with Crippen molar-refractivity contribution in [1.82, 2.24) is 30.4 Å². The van der Waals surface area contributed by atoms with Gasteiger partial charge in [-0.05, 0) is 97.2 Å². The largest absolute Gasteiger partial charge is 0.361 e. The van der Waals surface area contributed by atoms with Crippen LogP contribution >= 0.6 is 46.4 Å². The summed E-state index contributed by atoms with van der Waals surface area (Å²) in [6, 6.07) is 33.5. The van der Waals surface area contributed by atoms with Gasteiger partial charge in [-0.2, -0.15) is 10.2 Å². The second kappa shape index (κ2) is 17.8. The third-order valence-electron chi connectivity index (χ3n) is 9.14. The number of rotatable bonds is 12. The molecule has 4 aromatic carbocycles. The van der Waals surface area contributed by atoms with Crippen LogP contribution in [0.15, 0.2) is 122 Å². The summed E-state index contributed by atoms with van der Waals surface area (Å²) in [6.45, 7) is 0. The Kier molecular flexibility index (Phi) is 12.3. The first kappa shape index (κ1) is 37.2. The van der Waals surface area contributed by atoms with Crippen molar-refractivity contribution in [2.75, 3.05) is 10.6 Å². The highest BCUT2D eigenvalue weighted by atomic mass is 35.5. The van der Waals surface area contributed by atoms with Gasteiger partial charge in [-0.25, -0.2) is 0 Å². The maximum atomic E-state index is 6.13. The number of fused-ring (bicyclic) bond motifs is 2. The quantitative estimate of drug-likeness (QED) is 0.0981. The maximum Gasteiger partial charge on any atom is 0.176 e. The van der Waals surface area contributed by atoms with Crippen LogP contribution in [0.1, 0.15) is 35.1 Å². The van der Waals surface area contributed by atoms with Crippen molar-refractivity contribution >= 4 is 91.0 Å². The first-order valence-corrected chi connectivity index (χ1v) is 19.1. The van der Waals surface area contributed by atoms with Crippen LogP contribution in [0.25, 0.3) is 21.8 Å². The molecule has 0 saturated heterocycles. The number of para-hydroxylation sites is 2. The number of aromatic nitrogens is 6. The number of benzene rings is 4. The summed E-state index contributed by atoms with van der Waals surface area (Å²) in [4.78, 5) is 6.68. The third kappa shape index (κ3) is 9.32. The summed E-state index contributed by atoms with van der Waals surface area (Å²) in [5.41, 5.74) is 10.8. The van der Waals surface area contributed by atoms with Gasteiger partial charge in [-0.3, -0.25) is 0 Å². The van der Waals surface area contributed by atoms with Gasteiger partial charge >= 0.3 is 0 Å². The monoisotopic (exact) mass is 792 g/mol. The average molecular weight is 795 g/mol.